The second-order valence-corrected chi connectivity index (χ2v) is 10.5. The molecule has 0 heterocycles. The maximum atomic E-state index is 11.0. The molecule has 268 valence electrons. The first-order valence-corrected chi connectivity index (χ1v) is 15.6. The third kappa shape index (κ3) is 17.9. The van der Waals surface area contributed by atoms with Gasteiger partial charge in [-0.3, -0.25) is 16.5 Å². The lowest BCUT2D eigenvalue weighted by Crippen LogP contribution is -2.67. The Morgan fingerprint density at radius 2 is 0.840 bits per heavy atom. The fourth-order valence-corrected chi connectivity index (χ4v) is 4.04. The number of hydrazine groups is 3. The number of hydrogen-bond acceptors (Lipinski definition) is 10. The van der Waals surface area contributed by atoms with Gasteiger partial charge in [0.1, 0.15) is 0 Å². The number of para-hydroxylation sites is 2. The van der Waals surface area contributed by atoms with Gasteiger partial charge in [0.15, 0.2) is 5.66 Å². The van der Waals surface area contributed by atoms with E-state index in [0.717, 1.165) is 30.6 Å². The molecular weight excluding hydrogens is 644 g/mol. The third-order valence-electron chi connectivity index (χ3n) is 6.75. The molecule has 0 bridgehead atoms. The second kappa shape index (κ2) is 25.2. The molecule has 0 aliphatic heterocycles. The van der Waals surface area contributed by atoms with Crippen molar-refractivity contribution in [2.45, 2.75) is 50.6 Å². The number of rotatable bonds is 16. The van der Waals surface area contributed by atoms with Gasteiger partial charge < -0.3 is 31.3 Å². The van der Waals surface area contributed by atoms with Crippen LogP contribution in [0.25, 0.3) is 0 Å². The fourth-order valence-electron chi connectivity index (χ4n) is 4.04. The van der Waals surface area contributed by atoms with Crippen molar-refractivity contribution in [2.24, 2.45) is 11.7 Å². The van der Waals surface area contributed by atoms with Gasteiger partial charge in [0.2, 0.25) is 0 Å². The zero-order valence-electron chi connectivity index (χ0n) is 27.6. The van der Waals surface area contributed by atoms with Crippen LogP contribution in [0.3, 0.4) is 0 Å². The van der Waals surface area contributed by atoms with Crippen LogP contribution in [0, 0.1) is 0 Å². The lowest BCUT2D eigenvalue weighted by molar-refractivity contribution is -0.147. The van der Waals surface area contributed by atoms with Gasteiger partial charge in [0, 0.05) is 6.42 Å². The van der Waals surface area contributed by atoms with E-state index in [2.05, 4.69) is 21.7 Å². The molecule has 0 unspecified atom stereocenters. The summed E-state index contributed by atoms with van der Waals surface area (Å²) in [6.07, 6.45) is 4.19. The van der Waals surface area contributed by atoms with E-state index in [-0.39, 0.29) is 24.0 Å². The minimum Gasteiger partial charge on any atom is -0.481 e. The number of hydrogen-bond donors (Lipinski definition) is 10. The molecule has 0 amide bonds. The van der Waals surface area contributed by atoms with Crippen LogP contribution in [0.15, 0.2) is 121 Å². The summed E-state index contributed by atoms with van der Waals surface area (Å²) >= 11 is 0. The largest absolute Gasteiger partial charge is 0.481 e. The van der Waals surface area contributed by atoms with Crippen LogP contribution in [-0.2, 0) is 9.59 Å². The summed E-state index contributed by atoms with van der Waals surface area (Å²) in [5.74, 6) is 5.95. The summed E-state index contributed by atoms with van der Waals surface area (Å²) in [5.41, 5.74) is 10.8. The topological polar surface area (TPSA) is 249 Å². The summed E-state index contributed by atoms with van der Waals surface area (Å²) in [6.45, 7) is 0. The number of carbonyl (C=O) groups is 4. The van der Waals surface area contributed by atoms with Gasteiger partial charge >= 0.3 is 23.9 Å². The summed E-state index contributed by atoms with van der Waals surface area (Å²) in [5, 5.41) is 34.5. The summed E-state index contributed by atoms with van der Waals surface area (Å²) in [7, 11) is 0. The number of anilines is 2. The van der Waals surface area contributed by atoms with E-state index in [9.17, 15) is 19.2 Å². The van der Waals surface area contributed by atoms with Crippen LogP contribution in [0.2, 0.25) is 0 Å². The first-order valence-electron chi connectivity index (χ1n) is 15.6. The average Bonchev–Trinajstić information content (AvgIpc) is 3.14. The molecular formula is C36H46N6O8. The van der Waals surface area contributed by atoms with Gasteiger partial charge in [-0.25, -0.2) is 25.2 Å². The molecule has 0 aliphatic carbocycles. The van der Waals surface area contributed by atoms with Crippen molar-refractivity contribution in [3.05, 3.63) is 132 Å². The summed E-state index contributed by atoms with van der Waals surface area (Å²) in [6, 6.07) is 37.5. The zero-order chi connectivity index (χ0) is 37.0. The van der Waals surface area contributed by atoms with Gasteiger partial charge in [-0.15, -0.1) is 0 Å². The smallest absolute Gasteiger partial charge is 0.341 e. The molecule has 4 rings (SSSR count). The van der Waals surface area contributed by atoms with Gasteiger partial charge in [-0.1, -0.05) is 104 Å². The molecule has 0 spiro atoms. The number of aromatic carboxylic acids is 2. The van der Waals surface area contributed by atoms with Crippen molar-refractivity contribution in [1.29, 1.82) is 0 Å². The lowest BCUT2D eigenvalue weighted by Gasteiger charge is -2.27. The Balaban J connectivity index is 0.000000350. The number of carboxylic acids is 4. The Morgan fingerprint density at radius 1 is 0.500 bits per heavy atom. The van der Waals surface area contributed by atoms with E-state index in [0.29, 0.717) is 12.8 Å². The normalized spacial score (nSPS) is 9.96. The minimum atomic E-state index is -1.50. The van der Waals surface area contributed by atoms with Crippen LogP contribution >= 0.6 is 0 Å². The lowest BCUT2D eigenvalue weighted by atomic mass is 10.0. The van der Waals surface area contributed by atoms with Crippen molar-refractivity contribution in [3.63, 3.8) is 0 Å². The highest BCUT2D eigenvalue weighted by Crippen LogP contribution is 2.14. The number of carboxylic acid groups (broad SMARTS) is 4. The molecule has 12 N–H and O–H groups in total. The molecule has 0 radical (unpaired) electrons. The monoisotopic (exact) mass is 690 g/mol. The molecule has 14 nitrogen and oxygen atoms in total. The highest BCUT2D eigenvalue weighted by molar-refractivity contribution is 6.01. The van der Waals surface area contributed by atoms with Crippen LogP contribution in [0.4, 0.5) is 11.4 Å². The van der Waals surface area contributed by atoms with Crippen molar-refractivity contribution in [3.8, 4) is 0 Å². The van der Waals surface area contributed by atoms with E-state index in [4.69, 9.17) is 32.1 Å². The van der Waals surface area contributed by atoms with E-state index in [1.54, 1.807) is 0 Å². The number of nitrogens with two attached hydrogens (primary N) is 2. The van der Waals surface area contributed by atoms with E-state index < -0.39 is 29.5 Å². The Kier molecular flexibility index (Phi) is 21.3. The predicted molar refractivity (Wildman–Crippen MR) is 192 cm³/mol. The molecule has 0 atom stereocenters. The minimum absolute atomic E-state index is 0.174. The van der Waals surface area contributed by atoms with Crippen molar-refractivity contribution in [2.75, 3.05) is 10.9 Å². The van der Waals surface area contributed by atoms with Gasteiger partial charge in [0.05, 0.1) is 22.5 Å². The van der Waals surface area contributed by atoms with Gasteiger partial charge in [-0.2, -0.15) is 0 Å². The molecule has 0 fully saturated rings. The zero-order valence-corrected chi connectivity index (χ0v) is 27.6. The Bertz CT molecular complexity index is 1430. The number of benzene rings is 4. The molecule has 0 saturated carbocycles. The van der Waals surface area contributed by atoms with Crippen LogP contribution in [-0.4, -0.2) is 50.0 Å². The maximum Gasteiger partial charge on any atom is 0.341 e. The predicted octanol–water partition coefficient (Wildman–Crippen LogP) is 5.40. The van der Waals surface area contributed by atoms with E-state index >= 15 is 0 Å². The van der Waals surface area contributed by atoms with Crippen molar-refractivity contribution in [1.82, 2.24) is 10.9 Å². The van der Waals surface area contributed by atoms with Gasteiger partial charge in [0.25, 0.3) is 0 Å². The van der Waals surface area contributed by atoms with Gasteiger partial charge in [-0.05, 0) is 55.7 Å². The molecule has 4 aromatic carbocycles. The number of aliphatic carboxylic acids is 2. The highest BCUT2D eigenvalue weighted by Gasteiger charge is 2.35. The molecule has 0 aromatic heterocycles. The second-order valence-electron chi connectivity index (χ2n) is 10.5. The molecule has 14 heteroatoms. The first kappa shape index (κ1) is 42.2. The maximum absolute atomic E-state index is 11.0. The highest BCUT2D eigenvalue weighted by atomic mass is 16.4. The fraction of sp³-hybridized carbons (Fsp3) is 0.222. The summed E-state index contributed by atoms with van der Waals surface area (Å²) < 4.78 is 0. The molecule has 50 heavy (non-hydrogen) atoms. The molecule has 0 aliphatic rings. The van der Waals surface area contributed by atoms with Crippen LogP contribution in [0.5, 0.6) is 0 Å². The third-order valence-corrected chi connectivity index (χ3v) is 6.75. The molecule has 4 aromatic rings. The Labute approximate surface area is 291 Å². The quantitative estimate of drug-likeness (QED) is 0.0306. The average molecular weight is 691 g/mol. The number of unbranched alkanes of at least 4 members (excludes halogenated alkanes) is 4. The first-order chi connectivity index (χ1) is 24.1. The Morgan fingerprint density at radius 3 is 1.18 bits per heavy atom. The van der Waals surface area contributed by atoms with E-state index in [1.165, 1.54) is 24.3 Å². The molecule has 0 saturated heterocycles. The van der Waals surface area contributed by atoms with Crippen molar-refractivity contribution < 1.29 is 39.6 Å². The van der Waals surface area contributed by atoms with Crippen LogP contribution in [0.1, 0.15) is 65.7 Å². The standard InChI is InChI=1S/C12H12N2.C10H22N4O4.C8H6O4.C6H6/c1-3-7-11(8-4-1)13-14-12-9-5-2-6-10-12;11-13-10(14-12,9(17)18)7-5-3-1-2-4-6-8(15)16;9-7(10)5-3-1-2-4-6(5)8(11)12;1-2-4-6-5-3-1/h1-10,13-14H;13-14H,1-7,11-12H2,(H,15,16)(H,17,18);1-4H,(H,9,10)(H,11,12);1-6H. The van der Waals surface area contributed by atoms with Crippen molar-refractivity contribution >= 4 is 35.3 Å². The summed E-state index contributed by atoms with van der Waals surface area (Å²) in [4.78, 5) is 42.2. The number of nitrogens with one attached hydrogen (secondary N) is 4. The van der Waals surface area contributed by atoms with Crippen LogP contribution < -0.4 is 33.4 Å². The Hall–Kier alpha value is -5.80. The SMILES string of the molecule is NNC(CCCCCCCC(=O)O)(NN)C(=O)O.O=C(O)c1ccccc1C(=O)O.c1ccc(NNc2ccccc2)cc1.c1ccccc1. The van der Waals surface area contributed by atoms with E-state index in [1.807, 2.05) is 97.1 Å².